The summed E-state index contributed by atoms with van der Waals surface area (Å²) in [6.07, 6.45) is -2.49. The highest BCUT2D eigenvalue weighted by Crippen LogP contribution is 2.29. The van der Waals surface area contributed by atoms with Gasteiger partial charge in [-0.05, 0) is 29.8 Å². The van der Waals surface area contributed by atoms with Crippen molar-refractivity contribution in [1.29, 1.82) is 0 Å². The number of hydrogen-bond acceptors (Lipinski definition) is 4. The van der Waals surface area contributed by atoms with Gasteiger partial charge in [0.1, 0.15) is 6.54 Å². The Morgan fingerprint density at radius 2 is 1.81 bits per heavy atom. The number of hydrogen-bond donors (Lipinski definition) is 1. The number of halogens is 3. The van der Waals surface area contributed by atoms with Gasteiger partial charge in [-0.15, -0.1) is 0 Å². The molecule has 0 aliphatic carbocycles. The van der Waals surface area contributed by atoms with Crippen molar-refractivity contribution >= 4 is 27.8 Å². The molecule has 0 unspecified atom stereocenters. The molecule has 10 heteroatoms. The average Bonchev–Trinajstić information content (AvgIpc) is 2.59. The number of hydrazone groups is 1. The van der Waals surface area contributed by atoms with Gasteiger partial charge in [-0.3, -0.25) is 9.10 Å². The van der Waals surface area contributed by atoms with E-state index >= 15 is 0 Å². The molecule has 6 nitrogen and oxygen atoms in total. The van der Waals surface area contributed by atoms with Gasteiger partial charge in [-0.2, -0.15) is 18.3 Å². The van der Waals surface area contributed by atoms with E-state index in [1.54, 1.807) is 18.2 Å². The van der Waals surface area contributed by atoms with E-state index in [0.717, 1.165) is 28.9 Å². The number of benzene rings is 2. The molecule has 0 aromatic heterocycles. The largest absolute Gasteiger partial charge is 0.416 e. The van der Waals surface area contributed by atoms with E-state index in [1.807, 2.05) is 0 Å². The van der Waals surface area contributed by atoms with E-state index in [9.17, 15) is 26.4 Å². The zero-order chi connectivity index (χ0) is 20.1. The maximum atomic E-state index is 12.7. The van der Waals surface area contributed by atoms with Crippen LogP contribution < -0.4 is 9.73 Å². The number of alkyl halides is 3. The maximum Gasteiger partial charge on any atom is 0.416 e. The van der Waals surface area contributed by atoms with Crippen LogP contribution in [0.3, 0.4) is 0 Å². The Hall–Kier alpha value is -2.88. The minimum atomic E-state index is -4.49. The molecule has 0 heterocycles. The average molecular weight is 399 g/mol. The molecule has 0 aliphatic heterocycles. The zero-order valence-corrected chi connectivity index (χ0v) is 15.0. The number of rotatable bonds is 6. The van der Waals surface area contributed by atoms with Gasteiger partial charge in [-0.25, -0.2) is 13.8 Å². The van der Waals surface area contributed by atoms with Crippen molar-refractivity contribution in [3.8, 4) is 0 Å². The predicted octanol–water partition coefficient (Wildman–Crippen LogP) is 2.62. The highest BCUT2D eigenvalue weighted by Gasteiger charge is 2.30. The lowest BCUT2D eigenvalue weighted by atomic mass is 10.1. The third-order valence-corrected chi connectivity index (χ3v) is 4.49. The number of anilines is 1. The summed E-state index contributed by atoms with van der Waals surface area (Å²) in [6.45, 7) is -0.525. The van der Waals surface area contributed by atoms with Crippen molar-refractivity contribution in [3.63, 3.8) is 0 Å². The molecule has 0 bridgehead atoms. The van der Waals surface area contributed by atoms with Gasteiger partial charge >= 0.3 is 6.18 Å². The Bertz CT molecular complexity index is 929. The second-order valence-corrected chi connectivity index (χ2v) is 7.43. The van der Waals surface area contributed by atoms with Gasteiger partial charge in [-0.1, -0.05) is 30.3 Å². The fraction of sp³-hybridized carbons (Fsp3) is 0.176. The molecule has 0 fully saturated rings. The van der Waals surface area contributed by atoms with E-state index in [0.29, 0.717) is 5.69 Å². The van der Waals surface area contributed by atoms with Crippen molar-refractivity contribution in [3.05, 3.63) is 65.7 Å². The third-order valence-electron chi connectivity index (χ3n) is 3.35. The zero-order valence-electron chi connectivity index (χ0n) is 14.1. The van der Waals surface area contributed by atoms with Crippen molar-refractivity contribution in [2.24, 2.45) is 5.10 Å². The topological polar surface area (TPSA) is 78.8 Å². The second kappa shape index (κ2) is 8.21. The Morgan fingerprint density at radius 3 is 2.41 bits per heavy atom. The summed E-state index contributed by atoms with van der Waals surface area (Å²) < 4.78 is 62.7. The Labute approximate surface area is 154 Å². The van der Waals surface area contributed by atoms with Crippen LogP contribution in [0.1, 0.15) is 11.1 Å². The minimum Gasteiger partial charge on any atom is -0.271 e. The minimum absolute atomic E-state index is 0.133. The molecule has 1 N–H and O–H groups in total. The monoisotopic (exact) mass is 399 g/mol. The van der Waals surface area contributed by atoms with Gasteiger partial charge in [0.2, 0.25) is 10.0 Å². The van der Waals surface area contributed by atoms with Crippen LogP contribution >= 0.6 is 0 Å². The highest BCUT2D eigenvalue weighted by molar-refractivity contribution is 7.92. The lowest BCUT2D eigenvalue weighted by Crippen LogP contribution is -2.38. The van der Waals surface area contributed by atoms with Crippen LogP contribution in [-0.4, -0.2) is 33.3 Å². The summed E-state index contributed by atoms with van der Waals surface area (Å²) in [4.78, 5) is 12.0. The Kier molecular flexibility index (Phi) is 6.21. The van der Waals surface area contributed by atoms with Gasteiger partial charge < -0.3 is 0 Å². The molecule has 0 aliphatic rings. The molecule has 144 valence electrons. The second-order valence-electron chi connectivity index (χ2n) is 5.52. The summed E-state index contributed by atoms with van der Waals surface area (Å²) >= 11 is 0. The van der Waals surface area contributed by atoms with Crippen LogP contribution in [0.2, 0.25) is 0 Å². The van der Waals surface area contributed by atoms with Crippen molar-refractivity contribution < 1.29 is 26.4 Å². The first-order chi connectivity index (χ1) is 12.6. The van der Waals surface area contributed by atoms with Crippen LogP contribution in [0.4, 0.5) is 18.9 Å². The molecule has 0 radical (unpaired) electrons. The van der Waals surface area contributed by atoms with Crippen molar-refractivity contribution in [2.45, 2.75) is 6.18 Å². The number of sulfonamides is 1. The molecule has 1 amide bonds. The van der Waals surface area contributed by atoms with E-state index in [1.165, 1.54) is 24.3 Å². The van der Waals surface area contributed by atoms with Gasteiger partial charge in [0.15, 0.2) is 0 Å². The van der Waals surface area contributed by atoms with Gasteiger partial charge in [0.05, 0.1) is 23.7 Å². The van der Waals surface area contributed by atoms with Crippen LogP contribution in [0.15, 0.2) is 59.7 Å². The predicted molar refractivity (Wildman–Crippen MR) is 95.8 cm³/mol. The van der Waals surface area contributed by atoms with Crippen LogP contribution in [0.25, 0.3) is 0 Å². The Balaban J connectivity index is 2.06. The first kappa shape index (κ1) is 20.4. The van der Waals surface area contributed by atoms with E-state index in [2.05, 4.69) is 10.5 Å². The summed E-state index contributed by atoms with van der Waals surface area (Å²) in [5, 5.41) is 3.58. The van der Waals surface area contributed by atoms with Gasteiger partial charge in [0, 0.05) is 0 Å². The molecule has 2 aromatic carbocycles. The fourth-order valence-electron chi connectivity index (χ4n) is 2.13. The molecule has 0 saturated carbocycles. The molecule has 0 saturated heterocycles. The van der Waals surface area contributed by atoms with Crippen molar-refractivity contribution in [1.82, 2.24) is 5.43 Å². The van der Waals surface area contributed by atoms with Crippen LogP contribution in [0.5, 0.6) is 0 Å². The summed E-state index contributed by atoms with van der Waals surface area (Å²) in [5.74, 6) is -0.743. The molecular formula is C17H16F3N3O3S. The van der Waals surface area contributed by atoms with E-state index < -0.39 is 34.2 Å². The number of nitrogens with zero attached hydrogens (tertiary/aromatic N) is 2. The normalized spacial score (nSPS) is 12.1. The summed E-state index contributed by atoms with van der Waals surface area (Å²) in [7, 11) is -3.72. The summed E-state index contributed by atoms with van der Waals surface area (Å²) in [6, 6.07) is 12.4. The van der Waals surface area contributed by atoms with E-state index in [-0.39, 0.29) is 5.56 Å². The molecule has 0 spiro atoms. The third kappa shape index (κ3) is 6.10. The highest BCUT2D eigenvalue weighted by atomic mass is 32.2. The van der Waals surface area contributed by atoms with Crippen molar-refractivity contribution in [2.75, 3.05) is 17.1 Å². The summed E-state index contributed by atoms with van der Waals surface area (Å²) in [5.41, 5.74) is 1.70. The smallest absolute Gasteiger partial charge is 0.271 e. The number of carbonyl (C=O) groups is 1. The number of nitrogens with one attached hydrogen (secondary N) is 1. The Morgan fingerprint density at radius 1 is 1.15 bits per heavy atom. The van der Waals surface area contributed by atoms with E-state index in [4.69, 9.17) is 0 Å². The molecule has 2 aromatic rings. The molecule has 2 rings (SSSR count). The lowest BCUT2D eigenvalue weighted by Gasteiger charge is -2.21. The molecule has 0 atom stereocenters. The quantitative estimate of drug-likeness (QED) is 0.599. The van der Waals surface area contributed by atoms with Gasteiger partial charge in [0.25, 0.3) is 5.91 Å². The molecule has 27 heavy (non-hydrogen) atoms. The number of carbonyl (C=O) groups excluding carboxylic acids is 1. The van der Waals surface area contributed by atoms with Crippen LogP contribution in [0, 0.1) is 0 Å². The molecular weight excluding hydrogens is 383 g/mol. The first-order valence-electron chi connectivity index (χ1n) is 7.59. The SMILES string of the molecule is CS(=O)(=O)N(CC(=O)N/N=C\c1cccc(C(F)(F)F)c1)c1ccccc1. The number of para-hydroxylation sites is 1. The number of amides is 1. The standard InChI is InChI=1S/C17H16F3N3O3S/c1-27(25,26)23(15-8-3-2-4-9-15)12-16(24)22-21-11-13-6-5-7-14(10-13)17(18,19)20/h2-11H,12H2,1H3,(H,22,24)/b21-11-. The maximum absolute atomic E-state index is 12.7. The fourth-order valence-corrected chi connectivity index (χ4v) is 2.99. The lowest BCUT2D eigenvalue weighted by molar-refractivity contribution is -0.137. The first-order valence-corrected chi connectivity index (χ1v) is 9.44. The van der Waals surface area contributed by atoms with Crippen LogP contribution in [-0.2, 0) is 21.0 Å².